The van der Waals surface area contributed by atoms with Crippen molar-refractivity contribution >= 4 is 48.5 Å². The molecule has 1 heterocycles. The second-order valence-electron chi connectivity index (χ2n) is 4.62. The van der Waals surface area contributed by atoms with E-state index in [0.717, 1.165) is 31.1 Å². The van der Waals surface area contributed by atoms with Gasteiger partial charge in [-0.1, -0.05) is 34.1 Å². The monoisotopic (exact) mass is 391 g/mol. The largest absolute Gasteiger partial charge is 0.358 e. The fourth-order valence-corrected chi connectivity index (χ4v) is 3.60. The molecular weight excluding hydrogens is 382 g/mol. The average molecular weight is 393 g/mol. The molecule has 0 saturated carbocycles. The molecule has 2 aromatic carbocycles. The first-order valence-electron chi connectivity index (χ1n) is 6.15. The third-order valence-electron chi connectivity index (χ3n) is 3.30. The van der Waals surface area contributed by atoms with Gasteiger partial charge < -0.3 is 4.98 Å². The number of aromatic amines is 1. The zero-order valence-electron chi connectivity index (χ0n) is 10.7. The summed E-state index contributed by atoms with van der Waals surface area (Å²) < 4.78 is 1.73. The molecule has 1 aromatic heterocycles. The summed E-state index contributed by atoms with van der Waals surface area (Å²) in [6.07, 6.45) is 0. The van der Waals surface area contributed by atoms with Gasteiger partial charge in [-0.25, -0.2) is 0 Å². The molecule has 1 N–H and O–H groups in total. The van der Waals surface area contributed by atoms with Crippen LogP contribution in [0.5, 0.6) is 0 Å². The van der Waals surface area contributed by atoms with Crippen molar-refractivity contribution in [1.29, 1.82) is 0 Å². The van der Waals surface area contributed by atoms with Gasteiger partial charge >= 0.3 is 0 Å². The van der Waals surface area contributed by atoms with Crippen LogP contribution in [0, 0.1) is 6.92 Å². The molecule has 0 radical (unpaired) electrons. The number of hydrogen-bond donors (Lipinski definition) is 1. The molecule has 0 spiro atoms. The Hall–Kier alpha value is -1.39. The lowest BCUT2D eigenvalue weighted by Crippen LogP contribution is -2.03. The van der Waals surface area contributed by atoms with E-state index in [4.69, 9.17) is 0 Å². The highest BCUT2D eigenvalue weighted by atomic mass is 79.9. The number of H-pyrrole nitrogens is 1. The maximum atomic E-state index is 12.8. The highest BCUT2D eigenvalue weighted by Gasteiger charge is 2.19. The predicted molar refractivity (Wildman–Crippen MR) is 88.3 cm³/mol. The molecule has 3 aromatic rings. The van der Waals surface area contributed by atoms with Crippen molar-refractivity contribution in [2.75, 3.05) is 0 Å². The zero-order chi connectivity index (χ0) is 14.3. The van der Waals surface area contributed by atoms with E-state index in [-0.39, 0.29) is 5.78 Å². The molecule has 2 nitrogen and oxygen atoms in total. The van der Waals surface area contributed by atoms with Gasteiger partial charge in [-0.2, -0.15) is 0 Å². The number of halogens is 2. The van der Waals surface area contributed by atoms with E-state index in [1.807, 2.05) is 49.4 Å². The lowest BCUT2D eigenvalue weighted by molar-refractivity contribution is 0.103. The van der Waals surface area contributed by atoms with Crippen LogP contribution in [0.15, 0.2) is 51.4 Å². The Morgan fingerprint density at radius 3 is 2.60 bits per heavy atom. The van der Waals surface area contributed by atoms with Gasteiger partial charge in [0.1, 0.15) is 0 Å². The molecule has 4 heteroatoms. The van der Waals surface area contributed by atoms with Crippen LogP contribution in [0.2, 0.25) is 0 Å². The zero-order valence-corrected chi connectivity index (χ0v) is 13.9. The summed E-state index contributed by atoms with van der Waals surface area (Å²) in [6.45, 7) is 1.93. The van der Waals surface area contributed by atoms with E-state index in [1.165, 1.54) is 0 Å². The second kappa shape index (κ2) is 5.19. The number of para-hydroxylation sites is 1. The lowest BCUT2D eigenvalue weighted by Gasteiger charge is -2.05. The van der Waals surface area contributed by atoms with Gasteiger partial charge in [-0.05, 0) is 47.1 Å². The predicted octanol–water partition coefficient (Wildman–Crippen LogP) is 5.23. The smallest absolute Gasteiger partial charge is 0.196 e. The minimum absolute atomic E-state index is 0.0272. The van der Waals surface area contributed by atoms with Crippen molar-refractivity contribution in [3.8, 4) is 0 Å². The molecule has 0 bridgehead atoms. The number of ketones is 1. The number of carbonyl (C=O) groups is 1. The minimum Gasteiger partial charge on any atom is -0.358 e. The van der Waals surface area contributed by atoms with Gasteiger partial charge in [0.05, 0.1) is 5.56 Å². The van der Waals surface area contributed by atoms with Crippen LogP contribution >= 0.6 is 31.9 Å². The Labute approximate surface area is 133 Å². The van der Waals surface area contributed by atoms with Gasteiger partial charge in [-0.15, -0.1) is 0 Å². The summed E-state index contributed by atoms with van der Waals surface area (Å²) in [5.74, 6) is 0.0272. The third kappa shape index (κ3) is 2.23. The Morgan fingerprint density at radius 1 is 1.10 bits per heavy atom. The van der Waals surface area contributed by atoms with Crippen molar-refractivity contribution in [3.05, 3.63) is 68.2 Å². The molecule has 20 heavy (non-hydrogen) atoms. The standard InChI is InChI=1S/C16H11Br2NO/c1-9-15(12-4-2-3-5-14(12)19-9)16(20)11-7-6-10(17)8-13(11)18/h2-8,19H,1H3. The normalized spacial score (nSPS) is 10.9. The molecule has 0 atom stereocenters. The SMILES string of the molecule is Cc1[nH]c2ccccc2c1C(=O)c1ccc(Br)cc1Br. The Kier molecular flexibility index (Phi) is 3.52. The van der Waals surface area contributed by atoms with Crippen molar-refractivity contribution in [3.63, 3.8) is 0 Å². The number of aromatic nitrogens is 1. The van der Waals surface area contributed by atoms with E-state index in [9.17, 15) is 4.79 Å². The van der Waals surface area contributed by atoms with E-state index in [0.29, 0.717) is 5.56 Å². The van der Waals surface area contributed by atoms with Crippen LogP contribution in [0.25, 0.3) is 10.9 Å². The van der Waals surface area contributed by atoms with Crippen molar-refractivity contribution in [1.82, 2.24) is 4.98 Å². The summed E-state index contributed by atoms with van der Waals surface area (Å²) in [5, 5.41) is 0.963. The van der Waals surface area contributed by atoms with Gasteiger partial charge in [-0.3, -0.25) is 4.79 Å². The summed E-state index contributed by atoms with van der Waals surface area (Å²) >= 11 is 6.86. The van der Waals surface area contributed by atoms with Crippen molar-refractivity contribution < 1.29 is 4.79 Å². The first kappa shape index (κ1) is 13.6. The van der Waals surface area contributed by atoms with Gasteiger partial charge in [0.15, 0.2) is 5.78 Å². The van der Waals surface area contributed by atoms with Crippen LogP contribution in [0.3, 0.4) is 0 Å². The summed E-state index contributed by atoms with van der Waals surface area (Å²) in [6, 6.07) is 13.5. The highest BCUT2D eigenvalue weighted by Crippen LogP contribution is 2.29. The van der Waals surface area contributed by atoms with E-state index in [1.54, 1.807) is 0 Å². The highest BCUT2D eigenvalue weighted by molar-refractivity contribution is 9.11. The van der Waals surface area contributed by atoms with E-state index < -0.39 is 0 Å². The minimum atomic E-state index is 0.0272. The molecule has 0 aliphatic rings. The fraction of sp³-hybridized carbons (Fsp3) is 0.0625. The quantitative estimate of drug-likeness (QED) is 0.595. The number of carbonyl (C=O) groups excluding carboxylic acids is 1. The van der Waals surface area contributed by atoms with Crippen LogP contribution in [-0.2, 0) is 0 Å². The topological polar surface area (TPSA) is 32.9 Å². The first-order chi connectivity index (χ1) is 9.58. The summed E-state index contributed by atoms with van der Waals surface area (Å²) in [4.78, 5) is 16.1. The molecule has 0 aliphatic carbocycles. The number of nitrogens with one attached hydrogen (secondary N) is 1. The summed E-state index contributed by atoms with van der Waals surface area (Å²) in [5.41, 5.74) is 3.29. The number of fused-ring (bicyclic) bond motifs is 1. The Balaban J connectivity index is 2.20. The van der Waals surface area contributed by atoms with Crippen molar-refractivity contribution in [2.45, 2.75) is 6.92 Å². The Morgan fingerprint density at radius 2 is 1.85 bits per heavy atom. The number of rotatable bonds is 2. The number of benzene rings is 2. The molecule has 3 rings (SSSR count). The maximum absolute atomic E-state index is 12.8. The van der Waals surface area contributed by atoms with E-state index in [2.05, 4.69) is 36.8 Å². The summed E-state index contributed by atoms with van der Waals surface area (Å²) in [7, 11) is 0. The van der Waals surface area contributed by atoms with Crippen molar-refractivity contribution in [2.24, 2.45) is 0 Å². The molecule has 0 aliphatic heterocycles. The van der Waals surface area contributed by atoms with Gasteiger partial charge in [0.25, 0.3) is 0 Å². The van der Waals surface area contributed by atoms with Gasteiger partial charge in [0, 0.05) is 31.1 Å². The molecule has 0 amide bonds. The van der Waals surface area contributed by atoms with Crippen LogP contribution in [0.4, 0.5) is 0 Å². The maximum Gasteiger partial charge on any atom is 0.196 e. The second-order valence-corrected chi connectivity index (χ2v) is 6.39. The molecule has 100 valence electrons. The first-order valence-corrected chi connectivity index (χ1v) is 7.73. The molecule has 0 fully saturated rings. The van der Waals surface area contributed by atoms with E-state index >= 15 is 0 Å². The number of aryl methyl sites for hydroxylation is 1. The fourth-order valence-electron chi connectivity index (χ4n) is 2.38. The number of hydrogen-bond acceptors (Lipinski definition) is 1. The Bertz CT molecular complexity index is 820. The van der Waals surface area contributed by atoms with Crippen LogP contribution in [-0.4, -0.2) is 10.8 Å². The van der Waals surface area contributed by atoms with Gasteiger partial charge in [0.2, 0.25) is 0 Å². The molecule has 0 saturated heterocycles. The molecule has 0 unspecified atom stereocenters. The average Bonchev–Trinajstić information content (AvgIpc) is 2.73. The molecular formula is C16H11Br2NO. The van der Waals surface area contributed by atoms with Crippen LogP contribution < -0.4 is 0 Å². The van der Waals surface area contributed by atoms with Crippen LogP contribution in [0.1, 0.15) is 21.6 Å². The third-order valence-corrected chi connectivity index (χ3v) is 4.45. The lowest BCUT2D eigenvalue weighted by atomic mass is 10.0.